The van der Waals surface area contributed by atoms with Gasteiger partial charge in [-0.15, -0.1) is 0 Å². The second-order valence-electron chi connectivity index (χ2n) is 3.46. The molecule has 0 aliphatic carbocycles. The predicted octanol–water partition coefficient (Wildman–Crippen LogP) is 1.36. The standard InChI is InChI=1S/C10H8FN5O2/c11-7-3-14-1-5(9(7)12)6-2-15-4-8(10(6)13)16(17)18/h1-4H,(H2,12,14)(H2,13,15). The number of halogens is 1. The minimum Gasteiger partial charge on any atom is -0.396 e. The van der Waals surface area contributed by atoms with E-state index >= 15 is 0 Å². The average Bonchev–Trinajstić information content (AvgIpc) is 2.33. The van der Waals surface area contributed by atoms with Crippen molar-refractivity contribution in [2.24, 2.45) is 0 Å². The Bertz CT molecular complexity index is 632. The number of aromatic nitrogens is 2. The van der Waals surface area contributed by atoms with Crippen LogP contribution in [0.2, 0.25) is 0 Å². The number of pyridine rings is 2. The van der Waals surface area contributed by atoms with Crippen molar-refractivity contribution in [2.45, 2.75) is 0 Å². The van der Waals surface area contributed by atoms with Gasteiger partial charge in [-0.2, -0.15) is 0 Å². The van der Waals surface area contributed by atoms with Gasteiger partial charge in [-0.05, 0) is 0 Å². The Morgan fingerprint density at radius 3 is 2.22 bits per heavy atom. The molecule has 0 spiro atoms. The monoisotopic (exact) mass is 249 g/mol. The molecule has 0 bridgehead atoms. The molecule has 0 aromatic carbocycles. The Labute approximate surface area is 100 Å². The lowest BCUT2D eigenvalue weighted by molar-refractivity contribution is -0.384. The summed E-state index contributed by atoms with van der Waals surface area (Å²) in [6.45, 7) is 0. The first-order valence-corrected chi connectivity index (χ1v) is 4.79. The van der Waals surface area contributed by atoms with Gasteiger partial charge in [-0.1, -0.05) is 0 Å². The van der Waals surface area contributed by atoms with Crippen molar-refractivity contribution in [2.75, 3.05) is 11.5 Å². The Morgan fingerprint density at radius 2 is 1.61 bits per heavy atom. The van der Waals surface area contributed by atoms with Gasteiger partial charge in [0.2, 0.25) is 0 Å². The summed E-state index contributed by atoms with van der Waals surface area (Å²) in [7, 11) is 0. The summed E-state index contributed by atoms with van der Waals surface area (Å²) < 4.78 is 13.3. The van der Waals surface area contributed by atoms with E-state index in [1.807, 2.05) is 0 Å². The zero-order valence-corrected chi connectivity index (χ0v) is 9.00. The molecule has 2 heterocycles. The molecule has 0 atom stereocenters. The van der Waals surface area contributed by atoms with Crippen molar-refractivity contribution in [3.63, 3.8) is 0 Å². The molecule has 2 aromatic heterocycles. The normalized spacial score (nSPS) is 10.3. The zero-order valence-electron chi connectivity index (χ0n) is 9.00. The molecule has 0 amide bonds. The van der Waals surface area contributed by atoms with Crippen LogP contribution in [-0.2, 0) is 0 Å². The van der Waals surface area contributed by atoms with Crippen LogP contribution in [0.1, 0.15) is 0 Å². The molecule has 7 nitrogen and oxygen atoms in total. The summed E-state index contributed by atoms with van der Waals surface area (Å²) in [6.07, 6.45) is 4.51. The summed E-state index contributed by atoms with van der Waals surface area (Å²) in [4.78, 5) is 17.4. The van der Waals surface area contributed by atoms with E-state index in [4.69, 9.17) is 11.5 Å². The quantitative estimate of drug-likeness (QED) is 0.612. The largest absolute Gasteiger partial charge is 0.396 e. The molecule has 18 heavy (non-hydrogen) atoms. The van der Waals surface area contributed by atoms with E-state index in [1.54, 1.807) is 0 Å². The first-order valence-electron chi connectivity index (χ1n) is 4.79. The van der Waals surface area contributed by atoms with E-state index in [0.717, 1.165) is 12.4 Å². The minimum absolute atomic E-state index is 0.130. The fourth-order valence-electron chi connectivity index (χ4n) is 1.48. The Morgan fingerprint density at radius 1 is 1.06 bits per heavy atom. The van der Waals surface area contributed by atoms with Crippen LogP contribution < -0.4 is 11.5 Å². The van der Waals surface area contributed by atoms with Crippen LogP contribution in [-0.4, -0.2) is 14.9 Å². The van der Waals surface area contributed by atoms with Crippen LogP contribution in [0.25, 0.3) is 11.1 Å². The van der Waals surface area contributed by atoms with Crippen molar-refractivity contribution in [1.82, 2.24) is 9.97 Å². The molecule has 92 valence electrons. The zero-order chi connectivity index (χ0) is 13.3. The van der Waals surface area contributed by atoms with Gasteiger partial charge in [-0.25, -0.2) is 4.39 Å². The molecular weight excluding hydrogens is 241 g/mol. The van der Waals surface area contributed by atoms with Crippen LogP contribution in [0.3, 0.4) is 0 Å². The molecule has 4 N–H and O–H groups in total. The predicted molar refractivity (Wildman–Crippen MR) is 62.9 cm³/mol. The first kappa shape index (κ1) is 11.7. The lowest BCUT2D eigenvalue weighted by atomic mass is 10.1. The van der Waals surface area contributed by atoms with Crippen LogP contribution in [0.15, 0.2) is 24.8 Å². The van der Waals surface area contributed by atoms with E-state index in [-0.39, 0.29) is 28.2 Å². The third-order valence-corrected chi connectivity index (χ3v) is 2.39. The Hall–Kier alpha value is -2.77. The molecule has 2 rings (SSSR count). The van der Waals surface area contributed by atoms with E-state index in [2.05, 4.69) is 9.97 Å². The highest BCUT2D eigenvalue weighted by molar-refractivity contribution is 5.86. The van der Waals surface area contributed by atoms with E-state index in [1.165, 1.54) is 12.4 Å². The molecule has 0 saturated carbocycles. The average molecular weight is 249 g/mol. The second-order valence-corrected chi connectivity index (χ2v) is 3.46. The molecular formula is C10H8FN5O2. The van der Waals surface area contributed by atoms with E-state index in [9.17, 15) is 14.5 Å². The van der Waals surface area contributed by atoms with Crippen LogP contribution in [0.5, 0.6) is 0 Å². The molecule has 0 unspecified atom stereocenters. The Kier molecular flexibility index (Phi) is 2.76. The maximum absolute atomic E-state index is 13.3. The number of hydrogen-bond donors (Lipinski definition) is 2. The number of nitrogens with zero attached hydrogens (tertiary/aromatic N) is 3. The van der Waals surface area contributed by atoms with Gasteiger partial charge in [0.15, 0.2) is 5.82 Å². The molecule has 0 saturated heterocycles. The molecule has 0 radical (unpaired) electrons. The highest BCUT2D eigenvalue weighted by atomic mass is 19.1. The fourth-order valence-corrected chi connectivity index (χ4v) is 1.48. The number of nitrogens with two attached hydrogens (primary N) is 2. The number of nitrogen functional groups attached to an aromatic ring is 2. The van der Waals surface area contributed by atoms with Gasteiger partial charge in [0.1, 0.15) is 11.9 Å². The summed E-state index contributed by atoms with van der Waals surface area (Å²) in [5, 5.41) is 10.7. The molecule has 0 aliphatic rings. The minimum atomic E-state index is -0.724. The SMILES string of the molecule is Nc1c(F)cncc1-c1cncc([N+](=O)[O-])c1N. The highest BCUT2D eigenvalue weighted by Crippen LogP contribution is 2.35. The first-order chi connectivity index (χ1) is 8.52. The molecule has 8 heteroatoms. The third kappa shape index (κ3) is 1.79. The maximum Gasteiger partial charge on any atom is 0.310 e. The van der Waals surface area contributed by atoms with Crippen molar-refractivity contribution < 1.29 is 9.31 Å². The van der Waals surface area contributed by atoms with Crippen molar-refractivity contribution in [3.8, 4) is 11.1 Å². The number of rotatable bonds is 2. The van der Waals surface area contributed by atoms with Gasteiger partial charge in [0.05, 0.1) is 16.8 Å². The van der Waals surface area contributed by atoms with Crippen molar-refractivity contribution in [3.05, 3.63) is 40.7 Å². The smallest absolute Gasteiger partial charge is 0.310 e. The lowest BCUT2D eigenvalue weighted by Gasteiger charge is -2.08. The van der Waals surface area contributed by atoms with Gasteiger partial charge < -0.3 is 11.5 Å². The fraction of sp³-hybridized carbons (Fsp3) is 0. The van der Waals surface area contributed by atoms with Crippen LogP contribution in [0.4, 0.5) is 21.5 Å². The number of hydrogen-bond acceptors (Lipinski definition) is 6. The molecule has 2 aromatic rings. The van der Waals surface area contributed by atoms with Crippen LogP contribution in [0, 0.1) is 15.9 Å². The second kappa shape index (κ2) is 4.24. The Balaban J connectivity index is 2.69. The highest BCUT2D eigenvalue weighted by Gasteiger charge is 2.19. The third-order valence-electron chi connectivity index (χ3n) is 2.39. The summed E-state index contributed by atoms with van der Waals surface area (Å²) in [6, 6.07) is 0. The van der Waals surface area contributed by atoms with Crippen molar-refractivity contribution in [1.29, 1.82) is 0 Å². The summed E-state index contributed by atoms with van der Waals surface area (Å²) >= 11 is 0. The van der Waals surface area contributed by atoms with Gasteiger partial charge >= 0.3 is 5.69 Å². The summed E-state index contributed by atoms with van der Waals surface area (Å²) in [5.74, 6) is -0.724. The summed E-state index contributed by atoms with van der Waals surface area (Å²) in [5.41, 5.74) is 10.9. The van der Waals surface area contributed by atoms with Gasteiger partial charge in [0.25, 0.3) is 0 Å². The van der Waals surface area contributed by atoms with Gasteiger partial charge in [-0.3, -0.25) is 20.1 Å². The lowest BCUT2D eigenvalue weighted by Crippen LogP contribution is -2.02. The topological polar surface area (TPSA) is 121 Å². The maximum atomic E-state index is 13.3. The number of anilines is 2. The van der Waals surface area contributed by atoms with Crippen molar-refractivity contribution >= 4 is 17.1 Å². The van der Waals surface area contributed by atoms with E-state index < -0.39 is 10.7 Å². The van der Waals surface area contributed by atoms with Crippen LogP contribution >= 0.6 is 0 Å². The number of nitro groups is 1. The molecule has 0 fully saturated rings. The molecule has 0 aliphatic heterocycles. The van der Waals surface area contributed by atoms with Gasteiger partial charge in [0, 0.05) is 23.5 Å². The van der Waals surface area contributed by atoms with E-state index in [0.29, 0.717) is 0 Å².